The third-order valence-corrected chi connectivity index (χ3v) is 8.89. The number of ether oxygens (including phenoxy) is 1. The number of rotatable bonds is 8. The summed E-state index contributed by atoms with van der Waals surface area (Å²) in [6.07, 6.45) is 1.77. The lowest BCUT2D eigenvalue weighted by atomic mass is 10.1. The highest BCUT2D eigenvalue weighted by atomic mass is 28.3. The van der Waals surface area contributed by atoms with Crippen LogP contribution in [0.25, 0.3) is 33.7 Å². The summed E-state index contributed by atoms with van der Waals surface area (Å²) in [7, 11) is 0.849. The van der Waals surface area contributed by atoms with E-state index >= 15 is 0 Å². The smallest absolute Gasteiger partial charge is 0.253 e. The fourth-order valence-corrected chi connectivity index (χ4v) is 5.51. The summed E-state index contributed by atoms with van der Waals surface area (Å²) in [6, 6.07) is 17.8. The van der Waals surface area contributed by atoms with Gasteiger partial charge in [0, 0.05) is 63.7 Å². The lowest BCUT2D eigenvalue weighted by Gasteiger charge is -2.32. The molecule has 0 atom stereocenters. The number of nitrogens with zero attached hydrogens (tertiary/aromatic N) is 5. The Morgan fingerprint density at radius 2 is 1.74 bits per heavy atom. The number of amides is 1. The van der Waals surface area contributed by atoms with Gasteiger partial charge in [-0.15, -0.1) is 0 Å². The summed E-state index contributed by atoms with van der Waals surface area (Å²) in [4.78, 5) is 27.0. The van der Waals surface area contributed by atoms with Crippen molar-refractivity contribution in [2.75, 3.05) is 39.8 Å². The second-order valence-electron chi connectivity index (χ2n) is 11.5. The monoisotopic (exact) mass is 543 g/mol. The van der Waals surface area contributed by atoms with Gasteiger partial charge in [-0.1, -0.05) is 43.9 Å². The van der Waals surface area contributed by atoms with Gasteiger partial charge < -0.3 is 19.6 Å². The van der Waals surface area contributed by atoms with Crippen LogP contribution in [0.3, 0.4) is 0 Å². The summed E-state index contributed by atoms with van der Waals surface area (Å²) in [6.45, 7) is 11.3. The van der Waals surface area contributed by atoms with E-state index in [0.717, 1.165) is 65.9 Å². The maximum atomic E-state index is 13.1. The zero-order valence-electron chi connectivity index (χ0n) is 23.2. The molecule has 2 aromatic heterocycles. The predicted molar refractivity (Wildman–Crippen MR) is 158 cm³/mol. The number of pyridine rings is 1. The van der Waals surface area contributed by atoms with Crippen LogP contribution in [0.1, 0.15) is 10.4 Å². The Kier molecular flexibility index (Phi) is 7.83. The van der Waals surface area contributed by atoms with E-state index in [0.29, 0.717) is 18.9 Å². The number of hydrogen-bond acceptors (Lipinski definition) is 6. The number of hydrogen-bond donors (Lipinski definition) is 1. The molecule has 1 fully saturated rings. The maximum absolute atomic E-state index is 13.1. The number of fused-ring (bicyclic) bond motifs is 1. The van der Waals surface area contributed by atoms with E-state index < -0.39 is 8.07 Å². The molecule has 4 aromatic rings. The van der Waals surface area contributed by atoms with E-state index in [4.69, 9.17) is 9.72 Å². The second kappa shape index (κ2) is 11.3. The van der Waals surface area contributed by atoms with E-state index in [1.807, 2.05) is 51.9 Å². The molecule has 204 valence electrons. The number of aromatic hydroxyl groups is 1. The van der Waals surface area contributed by atoms with Crippen LogP contribution in [-0.2, 0) is 11.5 Å². The van der Waals surface area contributed by atoms with Gasteiger partial charge in [0.25, 0.3) is 5.91 Å². The molecule has 1 saturated heterocycles. The van der Waals surface area contributed by atoms with Crippen molar-refractivity contribution in [3.8, 4) is 28.3 Å². The van der Waals surface area contributed by atoms with Crippen molar-refractivity contribution in [2.24, 2.45) is 0 Å². The van der Waals surface area contributed by atoms with Gasteiger partial charge in [-0.25, -0.2) is 9.97 Å². The van der Waals surface area contributed by atoms with Gasteiger partial charge in [-0.05, 0) is 49.0 Å². The number of imidazole rings is 1. The molecule has 1 amide bonds. The summed E-state index contributed by atoms with van der Waals surface area (Å²) in [5.74, 6) is 0.995. The quantitative estimate of drug-likeness (QED) is 0.244. The molecule has 0 saturated carbocycles. The Morgan fingerprint density at radius 1 is 1.00 bits per heavy atom. The first kappa shape index (κ1) is 27.0. The van der Waals surface area contributed by atoms with Crippen molar-refractivity contribution in [1.29, 1.82) is 0 Å². The lowest BCUT2D eigenvalue weighted by Crippen LogP contribution is -2.47. The number of carbonyl (C=O) groups is 1. The molecule has 9 heteroatoms. The van der Waals surface area contributed by atoms with Gasteiger partial charge in [0.15, 0.2) is 5.65 Å². The predicted octanol–water partition coefficient (Wildman–Crippen LogP) is 5.17. The summed E-state index contributed by atoms with van der Waals surface area (Å²) in [5, 5.41) is 10.1. The zero-order valence-corrected chi connectivity index (χ0v) is 24.2. The van der Waals surface area contributed by atoms with E-state index in [1.54, 1.807) is 18.3 Å². The lowest BCUT2D eigenvalue weighted by molar-refractivity contribution is 0.0664. The Morgan fingerprint density at radius 3 is 2.44 bits per heavy atom. The highest BCUT2D eigenvalue weighted by Gasteiger charge is 2.22. The Bertz CT molecular complexity index is 1450. The number of piperazine rings is 1. The zero-order chi connectivity index (χ0) is 27.6. The molecule has 0 spiro atoms. The molecule has 1 aliphatic heterocycles. The van der Waals surface area contributed by atoms with Crippen molar-refractivity contribution in [2.45, 2.75) is 32.4 Å². The molecule has 0 radical (unpaired) electrons. The van der Waals surface area contributed by atoms with Crippen LogP contribution in [0, 0.1) is 0 Å². The van der Waals surface area contributed by atoms with Gasteiger partial charge in [0.05, 0.1) is 0 Å². The van der Waals surface area contributed by atoms with Gasteiger partial charge in [-0.2, -0.15) is 0 Å². The topological polar surface area (TPSA) is 83.7 Å². The minimum absolute atomic E-state index is 0.0608. The molecule has 39 heavy (non-hydrogen) atoms. The number of phenols is 1. The Balaban J connectivity index is 1.49. The molecule has 1 aliphatic rings. The van der Waals surface area contributed by atoms with Crippen molar-refractivity contribution >= 4 is 25.1 Å². The third kappa shape index (κ3) is 6.21. The van der Waals surface area contributed by atoms with Gasteiger partial charge in [0.2, 0.25) is 0 Å². The minimum Gasteiger partial charge on any atom is -0.508 e. The molecule has 5 rings (SSSR count). The van der Waals surface area contributed by atoms with Crippen LogP contribution in [0.5, 0.6) is 5.75 Å². The van der Waals surface area contributed by atoms with Crippen LogP contribution >= 0.6 is 0 Å². The molecule has 1 N–H and O–H groups in total. The molecule has 0 bridgehead atoms. The number of benzene rings is 2. The van der Waals surface area contributed by atoms with Crippen molar-refractivity contribution in [3.63, 3.8) is 0 Å². The van der Waals surface area contributed by atoms with Gasteiger partial charge in [0.1, 0.15) is 23.8 Å². The van der Waals surface area contributed by atoms with E-state index in [9.17, 15) is 9.90 Å². The largest absolute Gasteiger partial charge is 0.508 e. The number of likely N-dealkylation sites (N-methyl/N-ethyl adjacent to an activating group) is 1. The fraction of sp³-hybridized carbons (Fsp3) is 0.367. The molecule has 8 nitrogen and oxygen atoms in total. The molecule has 2 aromatic carbocycles. The summed E-state index contributed by atoms with van der Waals surface area (Å²) < 4.78 is 8.16. The van der Waals surface area contributed by atoms with Crippen LogP contribution in [0.2, 0.25) is 25.7 Å². The second-order valence-corrected chi connectivity index (χ2v) is 17.1. The standard InChI is InChI=1S/C30H37N5O3Si/c1-33-14-16-34(17-15-33)30(37)23-10-8-22(9-11-23)28-32-27-26(24-6-5-7-25(36)20-24)12-13-31-29(27)35(28)21-38-18-19-39(2,3)4/h5-13,20,36H,14-19,21H2,1-4H3. The van der Waals surface area contributed by atoms with Crippen LogP contribution in [0.15, 0.2) is 60.8 Å². The number of carbonyl (C=O) groups excluding carboxylic acids is 1. The third-order valence-electron chi connectivity index (χ3n) is 7.19. The Labute approximate surface area is 230 Å². The highest BCUT2D eigenvalue weighted by molar-refractivity contribution is 6.76. The van der Waals surface area contributed by atoms with E-state index in [1.165, 1.54) is 0 Å². The van der Waals surface area contributed by atoms with Gasteiger partial charge in [-0.3, -0.25) is 9.36 Å². The average Bonchev–Trinajstić information content (AvgIpc) is 3.29. The molecule has 0 aliphatic carbocycles. The van der Waals surface area contributed by atoms with Crippen molar-refractivity contribution in [3.05, 3.63) is 66.4 Å². The van der Waals surface area contributed by atoms with Crippen LogP contribution in [0.4, 0.5) is 0 Å². The fourth-order valence-electron chi connectivity index (χ4n) is 4.75. The van der Waals surface area contributed by atoms with Crippen molar-refractivity contribution in [1.82, 2.24) is 24.3 Å². The highest BCUT2D eigenvalue weighted by Crippen LogP contribution is 2.32. The van der Waals surface area contributed by atoms with E-state index in [-0.39, 0.29) is 11.7 Å². The van der Waals surface area contributed by atoms with E-state index in [2.05, 4.69) is 36.6 Å². The normalized spacial score (nSPS) is 14.7. The molecular formula is C30H37N5O3Si. The van der Waals surface area contributed by atoms with Crippen molar-refractivity contribution < 1.29 is 14.6 Å². The number of phenolic OH excluding ortho intramolecular Hbond substituents is 1. The van der Waals surface area contributed by atoms with Crippen LogP contribution in [-0.4, -0.2) is 83.3 Å². The number of aromatic nitrogens is 3. The molecule has 0 unspecified atom stereocenters. The average molecular weight is 544 g/mol. The summed E-state index contributed by atoms with van der Waals surface area (Å²) in [5.41, 5.74) is 4.78. The first-order chi connectivity index (χ1) is 18.7. The van der Waals surface area contributed by atoms with Gasteiger partial charge >= 0.3 is 0 Å². The first-order valence-electron chi connectivity index (χ1n) is 13.5. The molecule has 3 heterocycles. The summed E-state index contributed by atoms with van der Waals surface area (Å²) >= 11 is 0. The molecular weight excluding hydrogens is 506 g/mol. The maximum Gasteiger partial charge on any atom is 0.253 e. The van der Waals surface area contributed by atoms with Crippen LogP contribution < -0.4 is 0 Å². The minimum atomic E-state index is -1.23. The SMILES string of the molecule is CN1CCN(C(=O)c2ccc(-c3nc4c(-c5cccc(O)c5)ccnc4n3COCC[Si](C)(C)C)cc2)CC1. The Hall–Kier alpha value is -3.53. The first-order valence-corrected chi connectivity index (χ1v) is 17.2.